The van der Waals surface area contributed by atoms with Gasteiger partial charge in [-0.3, -0.25) is 19.4 Å². The average Bonchev–Trinajstić information content (AvgIpc) is 2.87. The largest absolute Gasteiger partial charge is 0.505 e. The molecule has 194 valence electrons. The van der Waals surface area contributed by atoms with Crippen LogP contribution >= 0.6 is 0 Å². The number of nitrogens with one attached hydrogen (secondary N) is 1. The number of phenolic OH excluding ortho intramolecular Hbond substituents is 1. The number of aromatic hydroxyl groups is 1. The first kappa shape index (κ1) is 26.1. The lowest BCUT2D eigenvalue weighted by Crippen LogP contribution is -2.30. The summed E-state index contributed by atoms with van der Waals surface area (Å²) in [5.41, 5.74) is 7.15. The van der Waals surface area contributed by atoms with Crippen LogP contribution in [0.4, 0.5) is 10.1 Å². The number of ether oxygens (including phenoxy) is 1. The maximum absolute atomic E-state index is 13.8. The van der Waals surface area contributed by atoms with Gasteiger partial charge in [-0.05, 0) is 50.2 Å². The second-order valence-corrected chi connectivity index (χ2v) is 8.62. The first-order chi connectivity index (χ1) is 18.1. The van der Waals surface area contributed by atoms with Crippen molar-refractivity contribution in [1.29, 1.82) is 0 Å². The number of methoxy groups -OCH3 is 1. The van der Waals surface area contributed by atoms with Crippen molar-refractivity contribution in [2.24, 2.45) is 5.73 Å². The molecule has 0 bridgehead atoms. The molecule has 0 spiro atoms. The van der Waals surface area contributed by atoms with E-state index in [0.717, 1.165) is 12.1 Å². The molecule has 0 fully saturated rings. The summed E-state index contributed by atoms with van der Waals surface area (Å²) in [5.74, 6) is -2.24. The maximum atomic E-state index is 13.8. The van der Waals surface area contributed by atoms with Gasteiger partial charge in [0.25, 0.3) is 11.5 Å². The molecule has 4 N–H and O–H groups in total. The molecule has 0 saturated heterocycles. The number of ketones is 1. The molecule has 0 unspecified atom stereocenters. The Hall–Kier alpha value is -4.99. The normalized spacial score (nSPS) is 11.7. The number of benzene rings is 2. The molecule has 4 rings (SSSR count). The SMILES string of the molecule is COc1cc2c(cc1C(C(C)=O)=C(C)N)cc(C(=O)Nc1ccc(O)c(F)c1)c(=O)n2Cc1ccccn1. The monoisotopic (exact) mass is 516 g/mol. The minimum Gasteiger partial charge on any atom is -0.505 e. The van der Waals surface area contributed by atoms with Crippen molar-refractivity contribution < 1.29 is 23.8 Å². The topological polar surface area (TPSA) is 137 Å². The molecule has 1 amide bonds. The van der Waals surface area contributed by atoms with Crippen molar-refractivity contribution in [2.45, 2.75) is 20.4 Å². The zero-order valence-electron chi connectivity index (χ0n) is 20.9. The van der Waals surface area contributed by atoms with Crippen LogP contribution in [-0.4, -0.2) is 33.5 Å². The second kappa shape index (κ2) is 10.6. The summed E-state index contributed by atoms with van der Waals surface area (Å²) in [5, 5.41) is 12.4. The fourth-order valence-corrected chi connectivity index (χ4v) is 4.21. The van der Waals surface area contributed by atoms with Crippen LogP contribution in [0.1, 0.15) is 35.5 Å². The fourth-order valence-electron chi connectivity index (χ4n) is 4.21. The Labute approximate surface area is 217 Å². The van der Waals surface area contributed by atoms with Crippen molar-refractivity contribution in [2.75, 3.05) is 12.4 Å². The van der Waals surface area contributed by atoms with Gasteiger partial charge < -0.3 is 25.5 Å². The summed E-state index contributed by atoms with van der Waals surface area (Å²) in [6, 6.07) is 13.2. The van der Waals surface area contributed by atoms with Gasteiger partial charge in [0, 0.05) is 46.2 Å². The summed E-state index contributed by atoms with van der Waals surface area (Å²) in [4.78, 5) is 43.5. The van der Waals surface area contributed by atoms with E-state index in [-0.39, 0.29) is 34.8 Å². The van der Waals surface area contributed by atoms with Crippen LogP contribution < -0.4 is 21.3 Å². The number of carbonyl (C=O) groups is 2. The maximum Gasteiger partial charge on any atom is 0.264 e. The third-order valence-corrected chi connectivity index (χ3v) is 5.93. The van der Waals surface area contributed by atoms with Gasteiger partial charge in [-0.1, -0.05) is 6.07 Å². The van der Waals surface area contributed by atoms with Crippen LogP contribution in [0.2, 0.25) is 0 Å². The number of fused-ring (bicyclic) bond motifs is 1. The van der Waals surface area contributed by atoms with Crippen LogP contribution in [0.3, 0.4) is 0 Å². The lowest BCUT2D eigenvalue weighted by atomic mass is 9.97. The van der Waals surface area contributed by atoms with E-state index >= 15 is 0 Å². The van der Waals surface area contributed by atoms with E-state index in [1.165, 1.54) is 30.7 Å². The first-order valence-electron chi connectivity index (χ1n) is 11.5. The van der Waals surface area contributed by atoms with Crippen molar-refractivity contribution >= 4 is 33.9 Å². The van der Waals surface area contributed by atoms with Gasteiger partial charge in [-0.2, -0.15) is 0 Å². The number of allylic oxidation sites excluding steroid dienone is 2. The summed E-state index contributed by atoms with van der Waals surface area (Å²) >= 11 is 0. The molecule has 2 aromatic carbocycles. The Bertz CT molecular complexity index is 1660. The number of nitrogens with two attached hydrogens (primary N) is 1. The Balaban J connectivity index is 1.96. The van der Waals surface area contributed by atoms with Crippen molar-refractivity contribution in [3.8, 4) is 11.5 Å². The average molecular weight is 517 g/mol. The Kier molecular flexibility index (Phi) is 7.24. The van der Waals surface area contributed by atoms with Gasteiger partial charge in [-0.15, -0.1) is 0 Å². The van der Waals surface area contributed by atoms with Crippen molar-refractivity contribution in [3.05, 3.63) is 99.5 Å². The zero-order valence-corrected chi connectivity index (χ0v) is 20.9. The van der Waals surface area contributed by atoms with E-state index in [4.69, 9.17) is 10.5 Å². The Morgan fingerprint density at radius 1 is 1.11 bits per heavy atom. The van der Waals surface area contributed by atoms with Gasteiger partial charge in [0.05, 0.1) is 24.9 Å². The zero-order chi connectivity index (χ0) is 27.6. The van der Waals surface area contributed by atoms with Crippen LogP contribution in [-0.2, 0) is 11.3 Å². The van der Waals surface area contributed by atoms with Gasteiger partial charge in [-0.25, -0.2) is 4.39 Å². The highest BCUT2D eigenvalue weighted by Crippen LogP contribution is 2.33. The second-order valence-electron chi connectivity index (χ2n) is 8.62. The molecule has 4 aromatic rings. The van der Waals surface area contributed by atoms with E-state index in [0.29, 0.717) is 27.9 Å². The van der Waals surface area contributed by atoms with E-state index in [1.54, 1.807) is 43.5 Å². The van der Waals surface area contributed by atoms with Crippen LogP contribution in [0.25, 0.3) is 16.5 Å². The molecule has 0 atom stereocenters. The number of anilines is 1. The Morgan fingerprint density at radius 2 is 1.84 bits per heavy atom. The fraction of sp³-hybridized carbons (Fsp3) is 0.143. The molecule has 10 heteroatoms. The number of halogens is 1. The highest BCUT2D eigenvalue weighted by Gasteiger charge is 2.21. The number of aromatic nitrogens is 2. The number of rotatable bonds is 7. The highest BCUT2D eigenvalue weighted by atomic mass is 19.1. The molecule has 0 aliphatic rings. The number of Topliss-reactive ketones (excluding diaryl/α,β-unsaturated/α-hetero) is 1. The molecule has 0 radical (unpaired) electrons. The molecular formula is C28H25FN4O5. The molecule has 38 heavy (non-hydrogen) atoms. The Morgan fingerprint density at radius 3 is 2.45 bits per heavy atom. The minimum atomic E-state index is -0.925. The number of carbonyl (C=O) groups excluding carboxylic acids is 2. The number of hydrogen-bond donors (Lipinski definition) is 3. The molecule has 2 aromatic heterocycles. The van der Waals surface area contributed by atoms with E-state index < -0.39 is 23.0 Å². The number of hydrogen-bond acceptors (Lipinski definition) is 7. The summed E-state index contributed by atoms with van der Waals surface area (Å²) in [6.45, 7) is 3.02. The number of amides is 1. The number of pyridine rings is 2. The third-order valence-electron chi connectivity index (χ3n) is 5.93. The molecule has 9 nitrogen and oxygen atoms in total. The number of phenols is 1. The molecule has 2 heterocycles. The van der Waals surface area contributed by atoms with E-state index in [1.807, 2.05) is 0 Å². The molecule has 0 aliphatic carbocycles. The standard InChI is InChI=1S/C28H25FN4O5/c1-15(30)26(16(2)34)20-10-17-11-21(27(36)32-18-7-8-24(35)22(29)12-18)28(37)33(23(17)13-25(20)38-3)14-19-6-4-5-9-31-19/h4-13,35H,14,30H2,1-3H3,(H,32,36). The van der Waals surface area contributed by atoms with Gasteiger partial charge in [0.2, 0.25) is 0 Å². The van der Waals surface area contributed by atoms with Crippen LogP contribution in [0.15, 0.2) is 71.3 Å². The van der Waals surface area contributed by atoms with Crippen molar-refractivity contribution in [3.63, 3.8) is 0 Å². The van der Waals surface area contributed by atoms with Crippen LogP contribution in [0, 0.1) is 5.82 Å². The third kappa shape index (κ3) is 5.10. The lowest BCUT2D eigenvalue weighted by Gasteiger charge is -2.17. The first-order valence-corrected chi connectivity index (χ1v) is 11.5. The van der Waals surface area contributed by atoms with Gasteiger partial charge in [0.15, 0.2) is 17.3 Å². The van der Waals surface area contributed by atoms with Gasteiger partial charge >= 0.3 is 0 Å². The lowest BCUT2D eigenvalue weighted by molar-refractivity contribution is -0.111. The summed E-state index contributed by atoms with van der Waals surface area (Å²) < 4.78 is 20.7. The van der Waals surface area contributed by atoms with Crippen LogP contribution in [0.5, 0.6) is 11.5 Å². The highest BCUT2D eigenvalue weighted by molar-refractivity contribution is 6.21. The van der Waals surface area contributed by atoms with Crippen molar-refractivity contribution in [1.82, 2.24) is 9.55 Å². The molecular weight excluding hydrogens is 491 g/mol. The summed E-state index contributed by atoms with van der Waals surface area (Å²) in [7, 11) is 1.44. The molecule has 0 aliphatic heterocycles. The van der Waals surface area contributed by atoms with Gasteiger partial charge in [0.1, 0.15) is 11.3 Å². The minimum absolute atomic E-state index is 0.0406. The molecule has 0 saturated carbocycles. The smallest absolute Gasteiger partial charge is 0.264 e. The summed E-state index contributed by atoms with van der Waals surface area (Å²) in [6.07, 6.45) is 1.59. The number of nitrogens with zero attached hydrogens (tertiary/aromatic N) is 2. The van der Waals surface area contributed by atoms with E-state index in [2.05, 4.69) is 10.3 Å². The quantitative estimate of drug-likeness (QED) is 0.251. The van der Waals surface area contributed by atoms with E-state index in [9.17, 15) is 23.9 Å². The predicted octanol–water partition coefficient (Wildman–Crippen LogP) is 3.83. The predicted molar refractivity (Wildman–Crippen MR) is 142 cm³/mol.